The van der Waals surface area contributed by atoms with Gasteiger partial charge in [-0.25, -0.2) is 0 Å². The standard InChI is InChI=1S/C15H20N4O2S/c1-4-13-18-19-15(22-13)17-14(20)10(3)16-11-6-8-12(9-7-11)21-5-2/h6-10,16H,4-5H2,1-3H3,(H,17,19,20)/t10-/m0/s1. The van der Waals surface area contributed by atoms with E-state index in [0.29, 0.717) is 11.7 Å². The molecule has 0 spiro atoms. The summed E-state index contributed by atoms with van der Waals surface area (Å²) in [6.07, 6.45) is 0.813. The van der Waals surface area contributed by atoms with E-state index in [4.69, 9.17) is 4.74 Å². The number of ether oxygens (including phenoxy) is 1. The number of aryl methyl sites for hydroxylation is 1. The third-order valence-corrected chi connectivity index (χ3v) is 3.92. The van der Waals surface area contributed by atoms with Crippen molar-refractivity contribution in [2.45, 2.75) is 33.2 Å². The number of hydrogen-bond acceptors (Lipinski definition) is 6. The highest BCUT2D eigenvalue weighted by atomic mass is 32.1. The van der Waals surface area contributed by atoms with Crippen molar-refractivity contribution in [3.8, 4) is 5.75 Å². The minimum Gasteiger partial charge on any atom is -0.494 e. The number of nitrogens with zero attached hydrogens (tertiary/aromatic N) is 2. The van der Waals surface area contributed by atoms with Crippen LogP contribution in [-0.2, 0) is 11.2 Å². The van der Waals surface area contributed by atoms with Gasteiger partial charge in [0, 0.05) is 5.69 Å². The summed E-state index contributed by atoms with van der Waals surface area (Å²) in [5.74, 6) is 0.666. The summed E-state index contributed by atoms with van der Waals surface area (Å²) in [6.45, 7) is 6.37. The fraction of sp³-hybridized carbons (Fsp3) is 0.400. The lowest BCUT2D eigenvalue weighted by atomic mass is 10.2. The molecule has 0 saturated carbocycles. The third-order valence-electron chi connectivity index (χ3n) is 2.94. The molecule has 118 valence electrons. The van der Waals surface area contributed by atoms with E-state index in [0.717, 1.165) is 22.9 Å². The first-order valence-electron chi connectivity index (χ1n) is 7.25. The molecule has 7 heteroatoms. The second-order valence-corrected chi connectivity index (χ2v) is 5.73. The summed E-state index contributed by atoms with van der Waals surface area (Å²) in [5.41, 5.74) is 0.859. The van der Waals surface area contributed by atoms with Crippen molar-refractivity contribution in [2.75, 3.05) is 17.2 Å². The van der Waals surface area contributed by atoms with E-state index in [1.54, 1.807) is 6.92 Å². The quantitative estimate of drug-likeness (QED) is 0.820. The van der Waals surface area contributed by atoms with Crippen LogP contribution in [0.2, 0.25) is 0 Å². The molecule has 1 atom stereocenters. The maximum Gasteiger partial charge on any atom is 0.248 e. The lowest BCUT2D eigenvalue weighted by Crippen LogP contribution is -2.31. The van der Waals surface area contributed by atoms with Crippen LogP contribution < -0.4 is 15.4 Å². The highest BCUT2D eigenvalue weighted by Gasteiger charge is 2.15. The topological polar surface area (TPSA) is 76.1 Å². The molecule has 1 aromatic carbocycles. The van der Waals surface area contributed by atoms with Gasteiger partial charge < -0.3 is 10.1 Å². The molecule has 0 bridgehead atoms. The Hall–Kier alpha value is -2.15. The van der Waals surface area contributed by atoms with Crippen LogP contribution in [-0.4, -0.2) is 28.8 Å². The molecule has 2 N–H and O–H groups in total. The van der Waals surface area contributed by atoms with Gasteiger partial charge in [0.15, 0.2) is 0 Å². The Balaban J connectivity index is 1.90. The fourth-order valence-corrected chi connectivity index (χ4v) is 2.47. The van der Waals surface area contributed by atoms with Crippen LogP contribution in [0.1, 0.15) is 25.8 Å². The number of amides is 1. The second-order valence-electron chi connectivity index (χ2n) is 4.67. The summed E-state index contributed by atoms with van der Waals surface area (Å²) >= 11 is 1.39. The Labute approximate surface area is 133 Å². The average molecular weight is 320 g/mol. The summed E-state index contributed by atoms with van der Waals surface area (Å²) in [5, 5.41) is 15.3. The van der Waals surface area contributed by atoms with Gasteiger partial charge in [-0.05, 0) is 44.5 Å². The SMILES string of the molecule is CCOc1ccc(N[C@@H](C)C(=O)Nc2nnc(CC)s2)cc1. The normalized spacial score (nSPS) is 11.8. The number of benzene rings is 1. The van der Waals surface area contributed by atoms with E-state index in [2.05, 4.69) is 20.8 Å². The molecule has 2 rings (SSSR count). The van der Waals surface area contributed by atoms with Crippen molar-refractivity contribution >= 4 is 28.1 Å². The van der Waals surface area contributed by atoms with Crippen molar-refractivity contribution in [3.05, 3.63) is 29.3 Å². The minimum atomic E-state index is -0.382. The van der Waals surface area contributed by atoms with Gasteiger partial charge in [0.1, 0.15) is 16.8 Å². The smallest absolute Gasteiger partial charge is 0.248 e. The molecule has 6 nitrogen and oxygen atoms in total. The number of rotatable bonds is 7. The minimum absolute atomic E-state index is 0.146. The zero-order valence-corrected chi connectivity index (χ0v) is 13.7. The Morgan fingerprint density at radius 2 is 2.00 bits per heavy atom. The van der Waals surface area contributed by atoms with Gasteiger partial charge in [0.05, 0.1) is 6.61 Å². The Morgan fingerprint density at radius 3 is 2.59 bits per heavy atom. The fourth-order valence-electron chi connectivity index (χ4n) is 1.79. The zero-order valence-electron chi connectivity index (χ0n) is 12.9. The molecule has 0 radical (unpaired) electrons. The molecule has 0 aliphatic carbocycles. The number of carbonyl (C=O) groups is 1. The van der Waals surface area contributed by atoms with Crippen molar-refractivity contribution in [1.82, 2.24) is 10.2 Å². The number of nitrogens with one attached hydrogen (secondary N) is 2. The molecule has 1 heterocycles. The van der Waals surface area contributed by atoms with Crippen LogP contribution in [0.5, 0.6) is 5.75 Å². The van der Waals surface area contributed by atoms with Crippen molar-refractivity contribution in [2.24, 2.45) is 0 Å². The Morgan fingerprint density at radius 1 is 1.27 bits per heavy atom. The molecule has 0 fully saturated rings. The first-order chi connectivity index (χ1) is 10.6. The second kappa shape index (κ2) is 7.74. The lowest BCUT2D eigenvalue weighted by molar-refractivity contribution is -0.116. The summed E-state index contributed by atoms with van der Waals surface area (Å²) in [7, 11) is 0. The maximum absolute atomic E-state index is 12.1. The molecular weight excluding hydrogens is 300 g/mol. The van der Waals surface area contributed by atoms with Gasteiger partial charge in [-0.15, -0.1) is 10.2 Å². The highest BCUT2D eigenvalue weighted by Crippen LogP contribution is 2.18. The number of aromatic nitrogens is 2. The van der Waals surface area contributed by atoms with Crippen LogP contribution in [0.25, 0.3) is 0 Å². The van der Waals surface area contributed by atoms with E-state index in [-0.39, 0.29) is 11.9 Å². The molecule has 0 unspecified atom stereocenters. The van der Waals surface area contributed by atoms with E-state index >= 15 is 0 Å². The molecular formula is C15H20N4O2S. The summed E-state index contributed by atoms with van der Waals surface area (Å²) in [6, 6.07) is 7.12. The van der Waals surface area contributed by atoms with Crippen LogP contribution >= 0.6 is 11.3 Å². The monoisotopic (exact) mass is 320 g/mol. The molecule has 0 aliphatic rings. The Kier molecular flexibility index (Phi) is 5.71. The lowest BCUT2D eigenvalue weighted by Gasteiger charge is -2.14. The highest BCUT2D eigenvalue weighted by molar-refractivity contribution is 7.15. The number of carbonyl (C=O) groups excluding carboxylic acids is 1. The number of hydrogen-bond donors (Lipinski definition) is 2. The summed E-state index contributed by atoms with van der Waals surface area (Å²) < 4.78 is 5.38. The number of anilines is 2. The van der Waals surface area contributed by atoms with E-state index in [1.165, 1.54) is 11.3 Å². The Bertz CT molecular complexity index is 612. The van der Waals surface area contributed by atoms with Crippen molar-refractivity contribution in [1.29, 1.82) is 0 Å². The van der Waals surface area contributed by atoms with Gasteiger partial charge >= 0.3 is 0 Å². The molecule has 2 aromatic rings. The van der Waals surface area contributed by atoms with Crippen LogP contribution in [0.3, 0.4) is 0 Å². The van der Waals surface area contributed by atoms with Gasteiger partial charge in [-0.1, -0.05) is 18.3 Å². The first-order valence-corrected chi connectivity index (χ1v) is 8.06. The maximum atomic E-state index is 12.1. The van der Waals surface area contributed by atoms with Crippen LogP contribution in [0.4, 0.5) is 10.8 Å². The zero-order chi connectivity index (χ0) is 15.9. The molecule has 0 aliphatic heterocycles. The first kappa shape index (κ1) is 16.2. The van der Waals surface area contributed by atoms with E-state index in [9.17, 15) is 4.79 Å². The molecule has 22 heavy (non-hydrogen) atoms. The van der Waals surface area contributed by atoms with E-state index < -0.39 is 0 Å². The van der Waals surface area contributed by atoms with Gasteiger partial charge in [-0.3, -0.25) is 10.1 Å². The summed E-state index contributed by atoms with van der Waals surface area (Å²) in [4.78, 5) is 12.1. The average Bonchev–Trinajstić information content (AvgIpc) is 2.97. The molecule has 1 amide bonds. The predicted octanol–water partition coefficient (Wildman–Crippen LogP) is 2.94. The predicted molar refractivity (Wildman–Crippen MR) is 88.6 cm³/mol. The van der Waals surface area contributed by atoms with Gasteiger partial charge in [-0.2, -0.15) is 0 Å². The molecule has 0 saturated heterocycles. The third kappa shape index (κ3) is 4.42. The van der Waals surface area contributed by atoms with Crippen molar-refractivity contribution < 1.29 is 9.53 Å². The van der Waals surface area contributed by atoms with Crippen LogP contribution in [0.15, 0.2) is 24.3 Å². The largest absolute Gasteiger partial charge is 0.494 e. The van der Waals surface area contributed by atoms with Gasteiger partial charge in [0.25, 0.3) is 0 Å². The van der Waals surface area contributed by atoms with E-state index in [1.807, 2.05) is 38.1 Å². The van der Waals surface area contributed by atoms with Gasteiger partial charge in [0.2, 0.25) is 11.0 Å². The van der Waals surface area contributed by atoms with Crippen LogP contribution in [0, 0.1) is 0 Å². The van der Waals surface area contributed by atoms with Crippen molar-refractivity contribution in [3.63, 3.8) is 0 Å². The molecule has 1 aromatic heterocycles.